The zero-order chi connectivity index (χ0) is 11.1. The van der Waals surface area contributed by atoms with Crippen molar-refractivity contribution in [2.24, 2.45) is 0 Å². The molecule has 0 spiro atoms. The van der Waals surface area contributed by atoms with Crippen LogP contribution in [0.1, 0.15) is 6.42 Å². The average molecular weight is 225 g/mol. The Morgan fingerprint density at radius 3 is 2.53 bits per heavy atom. The normalized spacial score (nSPS) is 13.1. The third-order valence-electron chi connectivity index (χ3n) is 2.21. The lowest BCUT2D eigenvalue weighted by atomic mass is 10.2. The minimum atomic E-state index is 0.539. The fourth-order valence-electron chi connectivity index (χ4n) is 1.25. The Balaban J connectivity index is 2.19. The predicted octanol–water partition coefficient (Wildman–Crippen LogP) is 1.34. The second-order valence-electron chi connectivity index (χ2n) is 4.08. The molecule has 1 aromatic rings. The van der Waals surface area contributed by atoms with Crippen molar-refractivity contribution in [3.05, 3.63) is 30.3 Å². The molecular weight excluding hydrogens is 204 g/mol. The minimum Gasteiger partial charge on any atom is -0.354 e. The quantitative estimate of drug-likeness (QED) is 0.741. The van der Waals surface area contributed by atoms with Gasteiger partial charge in [0.25, 0.3) is 0 Å². The van der Waals surface area contributed by atoms with Crippen molar-refractivity contribution in [1.29, 1.82) is 0 Å². The van der Waals surface area contributed by atoms with E-state index < -0.39 is 0 Å². The molecule has 3 N–H and O–H groups in total. The molecule has 0 saturated heterocycles. The van der Waals surface area contributed by atoms with Gasteiger partial charge in [-0.25, -0.2) is 0 Å². The van der Waals surface area contributed by atoms with E-state index >= 15 is 0 Å². The number of nitrogens with zero attached hydrogens (tertiary/aromatic N) is 1. The highest BCUT2D eigenvalue weighted by Crippen LogP contribution is 2.17. The van der Waals surface area contributed by atoms with Crippen molar-refractivity contribution in [2.45, 2.75) is 17.4 Å². The molecule has 0 aliphatic heterocycles. The van der Waals surface area contributed by atoms with Crippen LogP contribution in [0.2, 0.25) is 0 Å². The second kappa shape index (κ2) is 6.88. The SMILES string of the molecule is CN(C)CCC([NH3+])CSc1ccccc1. The van der Waals surface area contributed by atoms with Gasteiger partial charge in [-0.05, 0) is 26.2 Å². The monoisotopic (exact) mass is 225 g/mol. The van der Waals surface area contributed by atoms with Gasteiger partial charge in [0.1, 0.15) is 0 Å². The van der Waals surface area contributed by atoms with E-state index in [1.165, 1.54) is 11.3 Å². The first-order valence-corrected chi connectivity index (χ1v) is 6.32. The van der Waals surface area contributed by atoms with Crippen molar-refractivity contribution in [3.8, 4) is 0 Å². The lowest BCUT2D eigenvalue weighted by Gasteiger charge is -2.12. The van der Waals surface area contributed by atoms with E-state index in [1.54, 1.807) is 0 Å². The van der Waals surface area contributed by atoms with E-state index in [0.29, 0.717) is 6.04 Å². The van der Waals surface area contributed by atoms with Crippen LogP contribution in [0.15, 0.2) is 35.2 Å². The summed E-state index contributed by atoms with van der Waals surface area (Å²) in [7, 11) is 4.22. The van der Waals surface area contributed by atoms with E-state index in [1.807, 2.05) is 11.8 Å². The highest BCUT2D eigenvalue weighted by Gasteiger charge is 2.07. The van der Waals surface area contributed by atoms with Crippen LogP contribution in [0.5, 0.6) is 0 Å². The molecule has 3 heteroatoms. The van der Waals surface area contributed by atoms with Crippen LogP contribution in [-0.4, -0.2) is 37.3 Å². The van der Waals surface area contributed by atoms with Gasteiger partial charge < -0.3 is 10.6 Å². The Kier molecular flexibility index (Phi) is 5.76. The van der Waals surface area contributed by atoms with Gasteiger partial charge in [0, 0.05) is 17.9 Å². The number of thioether (sulfide) groups is 1. The highest BCUT2D eigenvalue weighted by atomic mass is 32.2. The molecule has 0 radical (unpaired) electrons. The number of rotatable bonds is 6. The second-order valence-corrected chi connectivity index (χ2v) is 5.18. The van der Waals surface area contributed by atoms with Gasteiger partial charge in [0.05, 0.1) is 11.8 Å². The van der Waals surface area contributed by atoms with Crippen molar-refractivity contribution in [2.75, 3.05) is 26.4 Å². The lowest BCUT2D eigenvalue weighted by molar-refractivity contribution is -0.413. The summed E-state index contributed by atoms with van der Waals surface area (Å²) in [5.41, 5.74) is 4.18. The van der Waals surface area contributed by atoms with Crippen molar-refractivity contribution < 1.29 is 5.73 Å². The third kappa shape index (κ3) is 5.82. The van der Waals surface area contributed by atoms with Crippen LogP contribution < -0.4 is 5.73 Å². The van der Waals surface area contributed by atoms with Gasteiger partial charge in [-0.3, -0.25) is 0 Å². The molecule has 1 aromatic carbocycles. The first kappa shape index (κ1) is 12.6. The molecule has 0 heterocycles. The van der Waals surface area contributed by atoms with E-state index in [9.17, 15) is 0 Å². The molecule has 0 bridgehead atoms. The van der Waals surface area contributed by atoms with Crippen LogP contribution in [0.25, 0.3) is 0 Å². The summed E-state index contributed by atoms with van der Waals surface area (Å²) in [6.45, 7) is 1.13. The Labute approximate surface area is 96.8 Å². The summed E-state index contributed by atoms with van der Waals surface area (Å²) in [5, 5.41) is 0. The molecule has 0 aliphatic carbocycles. The molecule has 0 aliphatic rings. The molecule has 0 saturated carbocycles. The number of hydrogen-bond donors (Lipinski definition) is 1. The van der Waals surface area contributed by atoms with E-state index in [4.69, 9.17) is 0 Å². The van der Waals surface area contributed by atoms with Crippen LogP contribution in [-0.2, 0) is 0 Å². The van der Waals surface area contributed by atoms with Crippen LogP contribution in [0.4, 0.5) is 0 Å². The van der Waals surface area contributed by atoms with Crippen molar-refractivity contribution in [1.82, 2.24) is 4.90 Å². The maximum atomic E-state index is 4.18. The summed E-state index contributed by atoms with van der Waals surface area (Å²) >= 11 is 1.90. The zero-order valence-electron chi connectivity index (χ0n) is 9.65. The summed E-state index contributed by atoms with van der Waals surface area (Å²) in [5.74, 6) is 1.11. The van der Waals surface area contributed by atoms with Crippen LogP contribution in [0, 0.1) is 0 Å². The smallest absolute Gasteiger partial charge is 0.0951 e. The molecule has 0 aromatic heterocycles. The summed E-state index contributed by atoms with van der Waals surface area (Å²) in [4.78, 5) is 3.56. The molecule has 1 rings (SSSR count). The summed E-state index contributed by atoms with van der Waals surface area (Å²) in [6.07, 6.45) is 1.17. The molecular formula is C12H21N2S+. The zero-order valence-corrected chi connectivity index (χ0v) is 10.5. The van der Waals surface area contributed by atoms with E-state index in [0.717, 1.165) is 12.3 Å². The fourth-order valence-corrected chi connectivity index (χ4v) is 2.20. The predicted molar refractivity (Wildman–Crippen MR) is 67.0 cm³/mol. The Morgan fingerprint density at radius 2 is 1.93 bits per heavy atom. The van der Waals surface area contributed by atoms with Gasteiger partial charge in [0.15, 0.2) is 0 Å². The Hall–Kier alpha value is -0.510. The fraction of sp³-hybridized carbons (Fsp3) is 0.500. The largest absolute Gasteiger partial charge is 0.354 e. The Morgan fingerprint density at radius 1 is 1.27 bits per heavy atom. The van der Waals surface area contributed by atoms with Crippen LogP contribution in [0.3, 0.4) is 0 Å². The minimum absolute atomic E-state index is 0.539. The topological polar surface area (TPSA) is 30.9 Å². The number of benzene rings is 1. The molecule has 84 valence electrons. The summed E-state index contributed by atoms with van der Waals surface area (Å²) < 4.78 is 0. The maximum Gasteiger partial charge on any atom is 0.0951 e. The number of quaternary nitrogens is 1. The van der Waals surface area contributed by atoms with E-state index in [-0.39, 0.29) is 0 Å². The third-order valence-corrected chi connectivity index (χ3v) is 3.46. The standard InChI is InChI=1S/C12H20N2S/c1-14(2)9-8-11(13)10-15-12-6-4-3-5-7-12/h3-7,11H,8-10,13H2,1-2H3/p+1. The van der Waals surface area contributed by atoms with Crippen molar-refractivity contribution >= 4 is 11.8 Å². The van der Waals surface area contributed by atoms with Crippen LogP contribution >= 0.6 is 11.8 Å². The first-order chi connectivity index (χ1) is 7.18. The maximum absolute atomic E-state index is 4.18. The average Bonchev–Trinajstić information content (AvgIpc) is 2.25. The first-order valence-electron chi connectivity index (χ1n) is 5.34. The van der Waals surface area contributed by atoms with Gasteiger partial charge in [-0.2, -0.15) is 0 Å². The molecule has 1 atom stereocenters. The van der Waals surface area contributed by atoms with Gasteiger partial charge >= 0.3 is 0 Å². The molecule has 1 unspecified atom stereocenters. The van der Waals surface area contributed by atoms with Crippen molar-refractivity contribution in [3.63, 3.8) is 0 Å². The summed E-state index contributed by atoms with van der Waals surface area (Å²) in [6, 6.07) is 11.1. The van der Waals surface area contributed by atoms with Gasteiger partial charge in [0.2, 0.25) is 0 Å². The lowest BCUT2D eigenvalue weighted by Crippen LogP contribution is -2.62. The molecule has 0 amide bonds. The van der Waals surface area contributed by atoms with E-state index in [2.05, 4.69) is 55.1 Å². The molecule has 0 fully saturated rings. The molecule has 15 heavy (non-hydrogen) atoms. The van der Waals surface area contributed by atoms with Gasteiger partial charge in [-0.15, -0.1) is 11.8 Å². The highest BCUT2D eigenvalue weighted by molar-refractivity contribution is 7.99. The number of hydrogen-bond acceptors (Lipinski definition) is 2. The van der Waals surface area contributed by atoms with Gasteiger partial charge in [-0.1, -0.05) is 18.2 Å². The Bertz CT molecular complexity index is 262. The molecule has 2 nitrogen and oxygen atoms in total.